The van der Waals surface area contributed by atoms with Gasteiger partial charge in [-0.25, -0.2) is 22.3 Å². The van der Waals surface area contributed by atoms with E-state index in [-0.39, 0.29) is 23.4 Å². The van der Waals surface area contributed by atoms with E-state index < -0.39 is 26.7 Å². The molecular formula is C14H20FNO4S. The number of halogens is 1. The Kier molecular flexibility index (Phi) is 5.11. The summed E-state index contributed by atoms with van der Waals surface area (Å²) in [4.78, 5) is 10.2. The maximum absolute atomic E-state index is 13.8. The number of aromatic carboxylic acids is 1. The van der Waals surface area contributed by atoms with Crippen molar-refractivity contribution in [2.75, 3.05) is 6.54 Å². The predicted molar refractivity (Wildman–Crippen MR) is 77.2 cm³/mol. The van der Waals surface area contributed by atoms with Crippen molar-refractivity contribution in [3.8, 4) is 0 Å². The lowest BCUT2D eigenvalue weighted by Crippen LogP contribution is -2.34. The maximum atomic E-state index is 13.8. The summed E-state index contributed by atoms with van der Waals surface area (Å²) in [6, 6.07) is 2.72. The summed E-state index contributed by atoms with van der Waals surface area (Å²) < 4.78 is 40.3. The maximum Gasteiger partial charge on any atom is 0.335 e. The molecule has 1 aromatic rings. The molecule has 2 N–H and O–H groups in total. The van der Waals surface area contributed by atoms with Crippen LogP contribution in [0.25, 0.3) is 0 Å². The Labute approximate surface area is 124 Å². The summed E-state index contributed by atoms with van der Waals surface area (Å²) in [7, 11) is -4.01. The highest BCUT2D eigenvalue weighted by atomic mass is 32.2. The zero-order valence-electron chi connectivity index (χ0n) is 12.5. The number of carboxylic acid groups (broad SMARTS) is 1. The molecule has 1 atom stereocenters. The van der Waals surface area contributed by atoms with Crippen LogP contribution in [0.4, 0.5) is 4.39 Å². The predicted octanol–water partition coefficient (Wildman–Crippen LogP) is 2.48. The zero-order chi connectivity index (χ0) is 16.4. The van der Waals surface area contributed by atoms with E-state index in [9.17, 15) is 17.6 Å². The third kappa shape index (κ3) is 4.50. The van der Waals surface area contributed by atoms with Crippen molar-refractivity contribution in [1.29, 1.82) is 0 Å². The van der Waals surface area contributed by atoms with Gasteiger partial charge >= 0.3 is 5.97 Å². The topological polar surface area (TPSA) is 83.5 Å². The van der Waals surface area contributed by atoms with E-state index in [4.69, 9.17) is 5.11 Å². The van der Waals surface area contributed by atoms with Crippen molar-refractivity contribution in [3.05, 3.63) is 29.6 Å². The van der Waals surface area contributed by atoms with Gasteiger partial charge in [0.2, 0.25) is 10.0 Å². The first kappa shape index (κ1) is 17.6. The minimum absolute atomic E-state index is 0.0497. The van der Waals surface area contributed by atoms with Crippen molar-refractivity contribution >= 4 is 16.0 Å². The Morgan fingerprint density at radius 3 is 2.38 bits per heavy atom. The second-order valence-corrected chi connectivity index (χ2v) is 7.80. The van der Waals surface area contributed by atoms with Crippen LogP contribution in [-0.2, 0) is 10.0 Å². The monoisotopic (exact) mass is 317 g/mol. The molecule has 0 saturated heterocycles. The SMILES string of the molecule is CC(CNS(=O)(=O)c1ccc(C(=O)O)cc1F)C(C)(C)C. The van der Waals surface area contributed by atoms with E-state index in [1.807, 2.05) is 27.7 Å². The quantitative estimate of drug-likeness (QED) is 0.874. The highest BCUT2D eigenvalue weighted by Crippen LogP contribution is 2.25. The van der Waals surface area contributed by atoms with E-state index in [0.717, 1.165) is 12.1 Å². The third-order valence-corrected chi connectivity index (χ3v) is 4.98. The van der Waals surface area contributed by atoms with Gasteiger partial charge < -0.3 is 5.11 Å². The fourth-order valence-electron chi connectivity index (χ4n) is 1.47. The van der Waals surface area contributed by atoms with Crippen molar-refractivity contribution in [1.82, 2.24) is 4.72 Å². The minimum Gasteiger partial charge on any atom is -0.478 e. The molecule has 0 aliphatic heterocycles. The smallest absolute Gasteiger partial charge is 0.335 e. The molecule has 0 aliphatic rings. The number of rotatable bonds is 5. The molecule has 0 heterocycles. The molecule has 0 aromatic heterocycles. The van der Waals surface area contributed by atoms with E-state index in [1.165, 1.54) is 0 Å². The Hall–Kier alpha value is -1.47. The van der Waals surface area contributed by atoms with Crippen LogP contribution in [-0.4, -0.2) is 26.0 Å². The van der Waals surface area contributed by atoms with Gasteiger partial charge in [0.25, 0.3) is 0 Å². The van der Waals surface area contributed by atoms with Gasteiger partial charge in [-0.1, -0.05) is 27.7 Å². The Bertz CT molecular complexity index is 635. The number of sulfonamides is 1. The average molecular weight is 317 g/mol. The zero-order valence-corrected chi connectivity index (χ0v) is 13.3. The molecule has 0 aliphatic carbocycles. The number of benzene rings is 1. The van der Waals surface area contributed by atoms with Crippen LogP contribution in [0, 0.1) is 17.2 Å². The van der Waals surface area contributed by atoms with Gasteiger partial charge in [0, 0.05) is 6.54 Å². The minimum atomic E-state index is -4.01. The lowest BCUT2D eigenvalue weighted by molar-refractivity contribution is 0.0696. The Morgan fingerprint density at radius 2 is 1.95 bits per heavy atom. The first-order chi connectivity index (χ1) is 9.45. The summed E-state index contributed by atoms with van der Waals surface area (Å²) in [5, 5.41) is 8.74. The van der Waals surface area contributed by atoms with E-state index in [0.29, 0.717) is 6.07 Å². The average Bonchev–Trinajstić information content (AvgIpc) is 2.34. The highest BCUT2D eigenvalue weighted by Gasteiger charge is 2.25. The van der Waals surface area contributed by atoms with Crippen LogP contribution < -0.4 is 4.72 Å². The van der Waals surface area contributed by atoms with Crippen molar-refractivity contribution < 1.29 is 22.7 Å². The number of hydrogen-bond acceptors (Lipinski definition) is 3. The van der Waals surface area contributed by atoms with Crippen molar-refractivity contribution in [2.45, 2.75) is 32.6 Å². The molecule has 0 spiro atoms. The normalized spacial score (nSPS) is 14.0. The number of carbonyl (C=O) groups is 1. The highest BCUT2D eigenvalue weighted by molar-refractivity contribution is 7.89. The first-order valence-corrected chi connectivity index (χ1v) is 7.96. The number of hydrogen-bond donors (Lipinski definition) is 2. The van der Waals surface area contributed by atoms with Gasteiger partial charge in [-0.05, 0) is 29.5 Å². The summed E-state index contributed by atoms with van der Waals surface area (Å²) in [6.45, 7) is 8.01. The fraction of sp³-hybridized carbons (Fsp3) is 0.500. The molecule has 0 fully saturated rings. The van der Waals surface area contributed by atoms with Gasteiger partial charge in [-0.15, -0.1) is 0 Å². The van der Waals surface area contributed by atoms with Gasteiger partial charge in [0.05, 0.1) is 5.56 Å². The Morgan fingerprint density at radius 1 is 1.38 bits per heavy atom. The second-order valence-electron chi connectivity index (χ2n) is 6.07. The molecule has 7 heteroatoms. The fourth-order valence-corrected chi connectivity index (χ4v) is 2.66. The molecule has 118 valence electrons. The van der Waals surface area contributed by atoms with E-state index >= 15 is 0 Å². The van der Waals surface area contributed by atoms with Crippen molar-refractivity contribution in [3.63, 3.8) is 0 Å². The van der Waals surface area contributed by atoms with Crippen LogP contribution in [0.1, 0.15) is 38.1 Å². The lowest BCUT2D eigenvalue weighted by atomic mass is 9.82. The van der Waals surface area contributed by atoms with Gasteiger partial charge in [-0.3, -0.25) is 0 Å². The van der Waals surface area contributed by atoms with Crippen LogP contribution >= 0.6 is 0 Å². The summed E-state index contributed by atoms with van der Waals surface area (Å²) >= 11 is 0. The molecule has 21 heavy (non-hydrogen) atoms. The summed E-state index contributed by atoms with van der Waals surface area (Å²) in [5.74, 6) is -2.34. The third-order valence-electron chi connectivity index (χ3n) is 3.53. The van der Waals surface area contributed by atoms with Crippen LogP contribution in [0.3, 0.4) is 0 Å². The Balaban J connectivity index is 2.96. The molecule has 5 nitrogen and oxygen atoms in total. The van der Waals surface area contributed by atoms with Crippen LogP contribution in [0.15, 0.2) is 23.1 Å². The first-order valence-electron chi connectivity index (χ1n) is 6.47. The van der Waals surface area contributed by atoms with Crippen LogP contribution in [0.5, 0.6) is 0 Å². The molecule has 1 unspecified atom stereocenters. The number of carboxylic acids is 1. The summed E-state index contributed by atoms with van der Waals surface area (Å²) in [6.07, 6.45) is 0. The molecule has 0 radical (unpaired) electrons. The molecule has 0 bridgehead atoms. The largest absolute Gasteiger partial charge is 0.478 e. The number of nitrogens with one attached hydrogen (secondary N) is 1. The van der Waals surface area contributed by atoms with Crippen LogP contribution in [0.2, 0.25) is 0 Å². The molecule has 0 amide bonds. The van der Waals surface area contributed by atoms with Gasteiger partial charge in [-0.2, -0.15) is 0 Å². The summed E-state index contributed by atoms with van der Waals surface area (Å²) in [5.41, 5.74) is -0.386. The van der Waals surface area contributed by atoms with Gasteiger partial charge in [0.1, 0.15) is 10.7 Å². The van der Waals surface area contributed by atoms with E-state index in [1.54, 1.807) is 0 Å². The van der Waals surface area contributed by atoms with E-state index in [2.05, 4.69) is 4.72 Å². The molecule has 1 aromatic carbocycles. The van der Waals surface area contributed by atoms with Crippen molar-refractivity contribution in [2.24, 2.45) is 11.3 Å². The molecular weight excluding hydrogens is 297 g/mol. The molecule has 1 rings (SSSR count). The van der Waals surface area contributed by atoms with Gasteiger partial charge in [0.15, 0.2) is 0 Å². The second kappa shape index (κ2) is 6.11. The molecule has 0 saturated carbocycles. The standard InChI is InChI=1S/C14H20FNO4S/c1-9(14(2,3)4)8-16-21(19,20)12-6-5-10(13(17)18)7-11(12)15/h5-7,9,16H,8H2,1-4H3,(H,17,18). The lowest BCUT2D eigenvalue weighted by Gasteiger charge is -2.27.